The molecule has 0 amide bonds. The van der Waals surface area contributed by atoms with Crippen molar-refractivity contribution in [3.05, 3.63) is 0 Å². The van der Waals surface area contributed by atoms with Crippen LogP contribution in [0.25, 0.3) is 0 Å². The number of alkyl halides is 1. The highest BCUT2D eigenvalue weighted by Gasteiger charge is 2.19. The first-order valence-electron chi connectivity index (χ1n) is 4.77. The molecule has 1 fully saturated rings. The maximum absolute atomic E-state index is 11.7. The summed E-state index contributed by atoms with van der Waals surface area (Å²) in [6.07, 6.45) is 4.01. The predicted molar refractivity (Wildman–Crippen MR) is 46.8 cm³/mol. The van der Waals surface area contributed by atoms with Crippen molar-refractivity contribution in [2.45, 2.75) is 31.8 Å². The number of nitrogens with one attached hydrogen (secondary N) is 1. The molecule has 0 aliphatic heterocycles. The third kappa shape index (κ3) is 3.50. The molecule has 0 heterocycles. The van der Waals surface area contributed by atoms with Crippen LogP contribution in [0.15, 0.2) is 0 Å². The van der Waals surface area contributed by atoms with Crippen LogP contribution < -0.4 is 5.32 Å². The van der Waals surface area contributed by atoms with Crippen molar-refractivity contribution in [2.75, 3.05) is 19.8 Å². The van der Waals surface area contributed by atoms with Gasteiger partial charge in [-0.1, -0.05) is 6.42 Å². The van der Waals surface area contributed by atoms with Crippen LogP contribution in [0, 0.1) is 5.92 Å². The van der Waals surface area contributed by atoms with Gasteiger partial charge < -0.3 is 10.4 Å². The maximum atomic E-state index is 11.7. The molecule has 0 bridgehead atoms. The molecule has 2 nitrogen and oxygen atoms in total. The topological polar surface area (TPSA) is 32.3 Å². The van der Waals surface area contributed by atoms with E-state index in [4.69, 9.17) is 0 Å². The first-order valence-corrected chi connectivity index (χ1v) is 4.77. The van der Waals surface area contributed by atoms with Gasteiger partial charge in [-0.15, -0.1) is 0 Å². The summed E-state index contributed by atoms with van der Waals surface area (Å²) in [6, 6.07) is 0. The third-order valence-corrected chi connectivity index (χ3v) is 2.46. The summed E-state index contributed by atoms with van der Waals surface area (Å²) in [7, 11) is 0. The molecule has 0 radical (unpaired) electrons. The Labute approximate surface area is 73.2 Å². The van der Waals surface area contributed by atoms with E-state index in [2.05, 4.69) is 5.32 Å². The molecule has 1 aliphatic rings. The summed E-state index contributed by atoms with van der Waals surface area (Å²) < 4.78 is 11.7. The smallest absolute Gasteiger partial charge is 0.102 e. The molecular weight excluding hydrogens is 157 g/mol. The summed E-state index contributed by atoms with van der Waals surface area (Å²) in [6.45, 7) is 1.02. The third-order valence-electron chi connectivity index (χ3n) is 2.46. The lowest BCUT2D eigenvalue weighted by molar-refractivity contribution is 0.101. The Kier molecular flexibility index (Phi) is 4.54. The van der Waals surface area contributed by atoms with Crippen LogP contribution in [0.2, 0.25) is 0 Å². The second-order valence-corrected chi connectivity index (χ2v) is 3.58. The van der Waals surface area contributed by atoms with Crippen LogP contribution in [0.1, 0.15) is 25.7 Å². The largest absolute Gasteiger partial charge is 0.393 e. The lowest BCUT2D eigenvalue weighted by Crippen LogP contribution is -2.30. The molecule has 2 atom stereocenters. The Morgan fingerprint density at radius 3 is 2.92 bits per heavy atom. The normalized spacial score (nSPS) is 30.5. The number of halogens is 1. The molecular formula is C9H18FNO. The predicted octanol–water partition coefficient (Wildman–Crippen LogP) is 1.10. The molecule has 0 spiro atoms. The van der Waals surface area contributed by atoms with E-state index >= 15 is 0 Å². The Hall–Kier alpha value is -0.150. The highest BCUT2D eigenvalue weighted by molar-refractivity contribution is 4.73. The van der Waals surface area contributed by atoms with Gasteiger partial charge >= 0.3 is 0 Å². The van der Waals surface area contributed by atoms with Gasteiger partial charge in [0.1, 0.15) is 6.67 Å². The van der Waals surface area contributed by atoms with Crippen molar-refractivity contribution in [1.29, 1.82) is 0 Å². The number of aliphatic hydroxyl groups excluding tert-OH is 1. The number of hydrogen-bond acceptors (Lipinski definition) is 2. The van der Waals surface area contributed by atoms with Crippen LogP contribution in [0.3, 0.4) is 0 Å². The first kappa shape index (κ1) is 9.93. The molecule has 3 heteroatoms. The number of aliphatic hydroxyl groups is 1. The highest BCUT2D eigenvalue weighted by Crippen LogP contribution is 2.23. The van der Waals surface area contributed by atoms with E-state index in [0.29, 0.717) is 12.5 Å². The second-order valence-electron chi connectivity index (χ2n) is 3.58. The molecule has 1 saturated carbocycles. The van der Waals surface area contributed by atoms with Crippen molar-refractivity contribution in [2.24, 2.45) is 5.92 Å². The van der Waals surface area contributed by atoms with Crippen molar-refractivity contribution < 1.29 is 9.50 Å². The SMILES string of the molecule is OC1CCCC(CNCCF)C1. The average molecular weight is 175 g/mol. The van der Waals surface area contributed by atoms with Crippen LogP contribution in [0.5, 0.6) is 0 Å². The van der Waals surface area contributed by atoms with Gasteiger partial charge in [0.05, 0.1) is 6.10 Å². The van der Waals surface area contributed by atoms with Gasteiger partial charge in [-0.25, -0.2) is 4.39 Å². The zero-order valence-electron chi connectivity index (χ0n) is 7.43. The second kappa shape index (κ2) is 5.49. The maximum Gasteiger partial charge on any atom is 0.102 e. The summed E-state index contributed by atoms with van der Waals surface area (Å²) >= 11 is 0. The quantitative estimate of drug-likeness (QED) is 0.627. The van der Waals surface area contributed by atoms with Crippen molar-refractivity contribution in [1.82, 2.24) is 5.32 Å². The van der Waals surface area contributed by atoms with Gasteiger partial charge in [0, 0.05) is 6.54 Å². The standard InChI is InChI=1S/C9H18FNO/c10-4-5-11-7-8-2-1-3-9(12)6-8/h8-9,11-12H,1-7H2. The van der Waals surface area contributed by atoms with Crippen molar-refractivity contribution >= 4 is 0 Å². The van der Waals surface area contributed by atoms with E-state index in [9.17, 15) is 9.50 Å². The molecule has 12 heavy (non-hydrogen) atoms. The fraction of sp³-hybridized carbons (Fsp3) is 1.00. The lowest BCUT2D eigenvalue weighted by atomic mass is 9.87. The molecule has 1 rings (SSSR count). The van der Waals surface area contributed by atoms with E-state index in [1.165, 1.54) is 6.42 Å². The Morgan fingerprint density at radius 2 is 2.25 bits per heavy atom. The van der Waals surface area contributed by atoms with Gasteiger partial charge in [-0.05, 0) is 31.7 Å². The minimum atomic E-state index is -0.296. The zero-order valence-corrected chi connectivity index (χ0v) is 7.43. The molecule has 0 aromatic heterocycles. The van der Waals surface area contributed by atoms with E-state index in [1.54, 1.807) is 0 Å². The fourth-order valence-electron chi connectivity index (χ4n) is 1.82. The monoisotopic (exact) mass is 175 g/mol. The molecule has 0 aromatic rings. The van der Waals surface area contributed by atoms with Crippen LogP contribution in [-0.4, -0.2) is 31.0 Å². The Bertz CT molecular complexity index is 121. The van der Waals surface area contributed by atoms with E-state index in [0.717, 1.165) is 25.8 Å². The Balaban J connectivity index is 2.06. The van der Waals surface area contributed by atoms with Gasteiger partial charge in [0.15, 0.2) is 0 Å². The van der Waals surface area contributed by atoms with Gasteiger partial charge in [0.2, 0.25) is 0 Å². The zero-order chi connectivity index (χ0) is 8.81. The summed E-state index contributed by atoms with van der Waals surface area (Å²) in [5.74, 6) is 0.556. The summed E-state index contributed by atoms with van der Waals surface area (Å²) in [5, 5.41) is 12.4. The first-order chi connectivity index (χ1) is 5.83. The summed E-state index contributed by atoms with van der Waals surface area (Å²) in [4.78, 5) is 0. The molecule has 0 aromatic carbocycles. The van der Waals surface area contributed by atoms with Gasteiger partial charge in [-0.2, -0.15) is 0 Å². The van der Waals surface area contributed by atoms with E-state index in [1.807, 2.05) is 0 Å². The lowest BCUT2D eigenvalue weighted by Gasteiger charge is -2.25. The molecule has 0 saturated heterocycles. The minimum Gasteiger partial charge on any atom is -0.393 e. The van der Waals surface area contributed by atoms with E-state index in [-0.39, 0.29) is 12.8 Å². The van der Waals surface area contributed by atoms with Gasteiger partial charge in [-0.3, -0.25) is 0 Å². The van der Waals surface area contributed by atoms with Crippen molar-refractivity contribution in [3.63, 3.8) is 0 Å². The minimum absolute atomic E-state index is 0.115. The highest BCUT2D eigenvalue weighted by atomic mass is 19.1. The van der Waals surface area contributed by atoms with Crippen LogP contribution >= 0.6 is 0 Å². The fourth-order valence-corrected chi connectivity index (χ4v) is 1.82. The number of rotatable bonds is 4. The molecule has 2 unspecified atom stereocenters. The average Bonchev–Trinajstić information content (AvgIpc) is 2.05. The molecule has 1 aliphatic carbocycles. The molecule has 72 valence electrons. The molecule has 2 N–H and O–H groups in total. The van der Waals surface area contributed by atoms with Crippen molar-refractivity contribution in [3.8, 4) is 0 Å². The van der Waals surface area contributed by atoms with Gasteiger partial charge in [0.25, 0.3) is 0 Å². The van der Waals surface area contributed by atoms with Crippen LogP contribution in [0.4, 0.5) is 4.39 Å². The van der Waals surface area contributed by atoms with Crippen LogP contribution in [-0.2, 0) is 0 Å². The Morgan fingerprint density at radius 1 is 1.42 bits per heavy atom. The van der Waals surface area contributed by atoms with E-state index < -0.39 is 0 Å². The summed E-state index contributed by atoms with van der Waals surface area (Å²) in [5.41, 5.74) is 0. The number of hydrogen-bond donors (Lipinski definition) is 2.